The molecule has 0 aliphatic rings. The topological polar surface area (TPSA) is 0 Å². The van der Waals surface area contributed by atoms with Crippen molar-refractivity contribution < 1.29 is 0 Å². The Kier molecular flexibility index (Phi) is 89.5. The van der Waals surface area contributed by atoms with Gasteiger partial charge < -0.3 is 0 Å². The molecule has 0 atom stereocenters. The van der Waals surface area contributed by atoms with Crippen LogP contribution >= 0.6 is 0 Å². The number of benzene rings is 2. The normalized spacial score (nSPS) is 5.92. The van der Waals surface area contributed by atoms with E-state index in [2.05, 4.69) is 62.4 Å². The van der Waals surface area contributed by atoms with Gasteiger partial charge in [-0.1, -0.05) is 146 Å². The summed E-state index contributed by atoms with van der Waals surface area (Å²) in [6, 6.07) is 16.7. The molecule has 2 rings (SSSR count). The Bertz CT molecular complexity index is 284. The molecule has 0 saturated heterocycles. The predicted octanol–water partition coefficient (Wildman–Crippen LogP) is 10.3. The lowest BCUT2D eigenvalue weighted by atomic mass is 10.1. The summed E-state index contributed by atoms with van der Waals surface area (Å²) < 4.78 is 0. The molecular weight excluding hydrogens is 288 g/mol. The summed E-state index contributed by atoms with van der Waals surface area (Å²) in [6.07, 6.45) is 1.25. The van der Waals surface area contributed by atoms with Crippen LogP contribution in [0.5, 0.6) is 0 Å². The highest BCUT2D eigenvalue weighted by Crippen LogP contribution is 2.11. The number of hydrogen-bond acceptors (Lipinski definition) is 0. The Balaban J connectivity index is -0.0000000361. The average molecular weight is 341 g/mol. The molecule has 0 fully saturated rings. The summed E-state index contributed by atoms with van der Waals surface area (Å²) in [5.41, 5.74) is 0. The highest BCUT2D eigenvalue weighted by atomic mass is 13.9. The van der Waals surface area contributed by atoms with Crippen LogP contribution in [0.4, 0.5) is 0 Å². The van der Waals surface area contributed by atoms with Gasteiger partial charge in [-0.3, -0.25) is 0 Å². The molecular formula is C24H52. The molecule has 0 saturated carbocycles. The first-order valence-electron chi connectivity index (χ1n) is 8.82. The second-order valence-electron chi connectivity index (χ2n) is 3.05. The first-order valence-corrected chi connectivity index (χ1v) is 8.82. The van der Waals surface area contributed by atoms with E-state index in [0.29, 0.717) is 0 Å². The van der Waals surface area contributed by atoms with E-state index in [0.717, 1.165) is 0 Å². The molecule has 0 spiro atoms. The summed E-state index contributed by atoms with van der Waals surface area (Å²) in [6.45, 7) is 20.2. The van der Waals surface area contributed by atoms with Crippen LogP contribution in [0.1, 0.15) is 97.9 Å². The Morgan fingerprint density at radius 1 is 0.458 bits per heavy atom. The third-order valence-electron chi connectivity index (χ3n) is 1.66. The lowest BCUT2D eigenvalue weighted by Crippen LogP contribution is -1.67. The minimum atomic E-state index is 0. The molecule has 0 nitrogen and oxygen atoms in total. The molecule has 0 radical (unpaired) electrons. The lowest BCUT2D eigenvalue weighted by molar-refractivity contribution is 1.09. The van der Waals surface area contributed by atoms with E-state index in [9.17, 15) is 0 Å². The fourth-order valence-corrected chi connectivity index (χ4v) is 1.13. The van der Waals surface area contributed by atoms with E-state index in [1.165, 1.54) is 17.2 Å². The van der Waals surface area contributed by atoms with Gasteiger partial charge in [0.15, 0.2) is 0 Å². The quantitative estimate of drug-likeness (QED) is 0.447. The summed E-state index contributed by atoms with van der Waals surface area (Å²) in [4.78, 5) is 0. The van der Waals surface area contributed by atoms with E-state index in [1.54, 1.807) is 0 Å². The predicted molar refractivity (Wildman–Crippen MR) is 125 cm³/mol. The van der Waals surface area contributed by atoms with Gasteiger partial charge >= 0.3 is 0 Å². The molecule has 0 heterocycles. The van der Waals surface area contributed by atoms with Crippen molar-refractivity contribution in [2.75, 3.05) is 0 Å². The SMILES string of the molecule is C.C.C.CC.CC.CC.CC.CCC.c1ccc2ccccc2c1. The van der Waals surface area contributed by atoms with Gasteiger partial charge in [0.25, 0.3) is 0 Å². The molecule has 0 bridgehead atoms. The zero-order valence-electron chi connectivity index (χ0n) is 16.3. The van der Waals surface area contributed by atoms with Gasteiger partial charge in [-0.15, -0.1) is 0 Å². The molecule has 24 heavy (non-hydrogen) atoms. The van der Waals surface area contributed by atoms with Crippen molar-refractivity contribution in [1.82, 2.24) is 0 Å². The third-order valence-corrected chi connectivity index (χ3v) is 1.66. The lowest BCUT2D eigenvalue weighted by Gasteiger charge is -1.92. The third kappa shape index (κ3) is 28.8. The molecule has 0 aliphatic heterocycles. The van der Waals surface area contributed by atoms with Gasteiger partial charge in [-0.05, 0) is 10.8 Å². The van der Waals surface area contributed by atoms with Crippen molar-refractivity contribution in [3.8, 4) is 0 Å². The molecule has 0 amide bonds. The Morgan fingerprint density at radius 2 is 0.583 bits per heavy atom. The highest BCUT2D eigenvalue weighted by Gasteiger charge is 1.85. The fraction of sp³-hybridized carbons (Fsp3) is 0.583. The van der Waals surface area contributed by atoms with E-state index in [1.807, 2.05) is 55.4 Å². The molecule has 0 aliphatic carbocycles. The maximum Gasteiger partial charge on any atom is -0.0184 e. The monoisotopic (exact) mass is 340 g/mol. The molecule has 0 N–H and O–H groups in total. The molecule has 148 valence electrons. The van der Waals surface area contributed by atoms with Crippen molar-refractivity contribution in [2.45, 2.75) is 97.9 Å². The van der Waals surface area contributed by atoms with Gasteiger partial charge in [0.05, 0.1) is 0 Å². The Labute approximate surface area is 157 Å². The zero-order valence-corrected chi connectivity index (χ0v) is 16.3. The molecule has 0 aromatic heterocycles. The first kappa shape index (κ1) is 43.4. The van der Waals surface area contributed by atoms with Crippen LogP contribution in [0, 0.1) is 0 Å². The molecule has 0 heteroatoms. The molecule has 0 unspecified atom stereocenters. The van der Waals surface area contributed by atoms with Crippen molar-refractivity contribution in [3.05, 3.63) is 48.5 Å². The summed E-state index contributed by atoms with van der Waals surface area (Å²) >= 11 is 0. The van der Waals surface area contributed by atoms with Gasteiger partial charge in [0.2, 0.25) is 0 Å². The second kappa shape index (κ2) is 49.5. The van der Waals surface area contributed by atoms with E-state index >= 15 is 0 Å². The molecule has 2 aromatic carbocycles. The van der Waals surface area contributed by atoms with Crippen LogP contribution in [-0.4, -0.2) is 0 Å². The van der Waals surface area contributed by atoms with Gasteiger partial charge in [-0.25, -0.2) is 0 Å². The van der Waals surface area contributed by atoms with Crippen LogP contribution in [0.15, 0.2) is 48.5 Å². The van der Waals surface area contributed by atoms with E-state index in [-0.39, 0.29) is 22.3 Å². The van der Waals surface area contributed by atoms with E-state index < -0.39 is 0 Å². The summed E-state index contributed by atoms with van der Waals surface area (Å²) in [5, 5.41) is 2.62. The van der Waals surface area contributed by atoms with Crippen molar-refractivity contribution in [2.24, 2.45) is 0 Å². The van der Waals surface area contributed by atoms with Crippen LogP contribution < -0.4 is 0 Å². The van der Waals surface area contributed by atoms with Gasteiger partial charge in [0, 0.05) is 0 Å². The van der Waals surface area contributed by atoms with Crippen LogP contribution in [-0.2, 0) is 0 Å². The average Bonchev–Trinajstić information content (AvgIpc) is 2.63. The van der Waals surface area contributed by atoms with Crippen molar-refractivity contribution >= 4 is 10.8 Å². The minimum absolute atomic E-state index is 0. The largest absolute Gasteiger partial charge is 0.0776 e. The number of hydrogen-bond donors (Lipinski definition) is 0. The number of rotatable bonds is 0. The minimum Gasteiger partial charge on any atom is -0.0776 e. The van der Waals surface area contributed by atoms with Crippen molar-refractivity contribution in [3.63, 3.8) is 0 Å². The smallest absolute Gasteiger partial charge is 0.0184 e. The number of fused-ring (bicyclic) bond motifs is 1. The summed E-state index contributed by atoms with van der Waals surface area (Å²) in [5.74, 6) is 0. The molecule has 2 aromatic rings. The van der Waals surface area contributed by atoms with Crippen LogP contribution in [0.2, 0.25) is 0 Å². The van der Waals surface area contributed by atoms with Gasteiger partial charge in [-0.2, -0.15) is 0 Å². The van der Waals surface area contributed by atoms with Crippen molar-refractivity contribution in [1.29, 1.82) is 0 Å². The fourth-order valence-electron chi connectivity index (χ4n) is 1.13. The highest BCUT2D eigenvalue weighted by molar-refractivity contribution is 5.81. The Morgan fingerprint density at radius 3 is 0.708 bits per heavy atom. The Hall–Kier alpha value is -1.30. The summed E-state index contributed by atoms with van der Waals surface area (Å²) in [7, 11) is 0. The standard InChI is InChI=1S/C10H8.C3H8.4C2H6.3CH4/c1-2-6-10-8-4-3-7-9(10)5-1;1-3-2;4*1-2;;;/h1-8H;3H2,1-2H3;4*1-2H3;3*1H4. The zero-order chi connectivity index (χ0) is 17.5. The van der Waals surface area contributed by atoms with E-state index in [4.69, 9.17) is 0 Å². The maximum atomic E-state index is 2.12. The maximum absolute atomic E-state index is 2.12. The van der Waals surface area contributed by atoms with Gasteiger partial charge in [0.1, 0.15) is 0 Å². The second-order valence-corrected chi connectivity index (χ2v) is 3.05. The van der Waals surface area contributed by atoms with Crippen LogP contribution in [0.25, 0.3) is 10.8 Å². The first-order chi connectivity index (χ1) is 10.4. The van der Waals surface area contributed by atoms with Crippen LogP contribution in [0.3, 0.4) is 0 Å².